The van der Waals surface area contributed by atoms with E-state index in [9.17, 15) is 4.79 Å². The highest BCUT2D eigenvalue weighted by molar-refractivity contribution is 5.68. The first-order chi connectivity index (χ1) is 7.66. The van der Waals surface area contributed by atoms with Crippen molar-refractivity contribution in [2.45, 2.75) is 58.8 Å². The Morgan fingerprint density at radius 2 is 1.75 bits per heavy atom. The van der Waals surface area contributed by atoms with Crippen LogP contribution in [0.15, 0.2) is 12.2 Å². The van der Waals surface area contributed by atoms with Gasteiger partial charge in [0.25, 0.3) is 0 Å². The zero-order valence-corrected chi connectivity index (χ0v) is 11.0. The summed E-state index contributed by atoms with van der Waals surface area (Å²) in [4.78, 5) is 10.8. The number of carbonyl (C=O) groups is 1. The van der Waals surface area contributed by atoms with Gasteiger partial charge in [-0.05, 0) is 25.2 Å². The molecule has 0 radical (unpaired) electrons. The molecule has 0 aromatic rings. The first-order valence-electron chi connectivity index (χ1n) is 6.40. The van der Waals surface area contributed by atoms with Crippen molar-refractivity contribution in [3.05, 3.63) is 12.2 Å². The monoisotopic (exact) mass is 226 g/mol. The van der Waals surface area contributed by atoms with Crippen LogP contribution in [0.3, 0.4) is 0 Å². The van der Waals surface area contributed by atoms with E-state index in [1.54, 1.807) is 0 Å². The van der Waals surface area contributed by atoms with Crippen LogP contribution in [0.1, 0.15) is 58.8 Å². The van der Waals surface area contributed by atoms with Crippen LogP contribution in [-0.2, 0) is 9.53 Å². The predicted molar refractivity (Wildman–Crippen MR) is 68.3 cm³/mol. The van der Waals surface area contributed by atoms with Crippen LogP contribution in [0.2, 0.25) is 0 Å². The number of carbonyl (C=O) groups excluding carboxylic acids is 1. The number of hydrogen-bond acceptors (Lipinski definition) is 2. The highest BCUT2D eigenvalue weighted by Crippen LogP contribution is 2.08. The van der Waals surface area contributed by atoms with Crippen LogP contribution in [0.5, 0.6) is 0 Å². The maximum atomic E-state index is 10.8. The Hall–Kier alpha value is -0.790. The molecule has 0 aromatic heterocycles. The zero-order valence-electron chi connectivity index (χ0n) is 11.0. The normalized spacial score (nSPS) is 11.2. The fourth-order valence-corrected chi connectivity index (χ4v) is 1.53. The van der Waals surface area contributed by atoms with Crippen molar-refractivity contribution in [3.8, 4) is 0 Å². The van der Waals surface area contributed by atoms with Crippen molar-refractivity contribution in [1.82, 2.24) is 0 Å². The summed E-state index contributed by atoms with van der Waals surface area (Å²) in [6.07, 6.45) is 12.2. The van der Waals surface area contributed by atoms with Crippen molar-refractivity contribution < 1.29 is 9.53 Å². The van der Waals surface area contributed by atoms with Crippen LogP contribution in [0, 0.1) is 5.92 Å². The number of esters is 1. The van der Waals surface area contributed by atoms with Crippen molar-refractivity contribution >= 4 is 5.97 Å². The van der Waals surface area contributed by atoms with Gasteiger partial charge in [0.2, 0.25) is 0 Å². The summed E-state index contributed by atoms with van der Waals surface area (Å²) >= 11 is 0. The van der Waals surface area contributed by atoms with E-state index in [2.05, 4.69) is 30.7 Å². The number of methoxy groups -OCH3 is 1. The lowest BCUT2D eigenvalue weighted by Gasteiger charge is -2.00. The number of rotatable bonds is 9. The van der Waals surface area contributed by atoms with Gasteiger partial charge in [0.1, 0.15) is 0 Å². The molecule has 0 N–H and O–H groups in total. The first kappa shape index (κ1) is 15.2. The highest BCUT2D eigenvalue weighted by atomic mass is 16.5. The summed E-state index contributed by atoms with van der Waals surface area (Å²) in [6.45, 7) is 4.40. The number of allylic oxidation sites excluding steroid dienone is 2. The van der Waals surface area contributed by atoms with Gasteiger partial charge in [-0.2, -0.15) is 0 Å². The Morgan fingerprint density at radius 1 is 1.12 bits per heavy atom. The molecule has 0 aliphatic heterocycles. The molecule has 0 bridgehead atoms. The fraction of sp³-hybridized carbons (Fsp3) is 0.786. The van der Waals surface area contributed by atoms with Gasteiger partial charge in [-0.25, -0.2) is 0 Å². The van der Waals surface area contributed by atoms with E-state index in [1.165, 1.54) is 32.8 Å². The average Bonchev–Trinajstić information content (AvgIpc) is 2.26. The third-order valence-corrected chi connectivity index (χ3v) is 2.50. The topological polar surface area (TPSA) is 26.3 Å². The molecule has 2 nitrogen and oxygen atoms in total. The van der Waals surface area contributed by atoms with E-state index in [0.717, 1.165) is 12.8 Å². The predicted octanol–water partition coefficient (Wildman–Crippen LogP) is 4.10. The molecule has 0 spiro atoms. The minimum Gasteiger partial charge on any atom is -0.469 e. The Bertz CT molecular complexity index is 195. The number of unbranched alkanes of at least 4 members (excludes halogenated alkanes) is 5. The van der Waals surface area contributed by atoms with Crippen LogP contribution in [0.4, 0.5) is 0 Å². The van der Waals surface area contributed by atoms with Crippen molar-refractivity contribution in [2.75, 3.05) is 7.11 Å². The molecule has 0 amide bonds. The van der Waals surface area contributed by atoms with Crippen LogP contribution < -0.4 is 0 Å². The molecule has 16 heavy (non-hydrogen) atoms. The molecular weight excluding hydrogens is 200 g/mol. The SMILES string of the molecule is COC(=O)CCCCCCC/C=C/C(C)C. The van der Waals surface area contributed by atoms with Crippen LogP contribution >= 0.6 is 0 Å². The summed E-state index contributed by atoms with van der Waals surface area (Å²) in [6, 6.07) is 0. The Kier molecular flexibility index (Phi) is 10.2. The third kappa shape index (κ3) is 11.3. The van der Waals surface area contributed by atoms with Crippen molar-refractivity contribution in [2.24, 2.45) is 5.92 Å². The minimum absolute atomic E-state index is 0.0835. The van der Waals surface area contributed by atoms with Gasteiger partial charge in [-0.15, -0.1) is 0 Å². The summed E-state index contributed by atoms with van der Waals surface area (Å²) in [5.41, 5.74) is 0. The molecular formula is C14H26O2. The van der Waals surface area contributed by atoms with E-state index in [1.807, 2.05) is 0 Å². The molecule has 0 aromatic carbocycles. The molecule has 0 aliphatic rings. The molecule has 0 atom stereocenters. The minimum atomic E-state index is -0.0835. The van der Waals surface area contributed by atoms with Crippen LogP contribution in [0.25, 0.3) is 0 Å². The first-order valence-corrected chi connectivity index (χ1v) is 6.40. The molecule has 94 valence electrons. The van der Waals surface area contributed by atoms with Crippen LogP contribution in [-0.4, -0.2) is 13.1 Å². The van der Waals surface area contributed by atoms with E-state index in [0.29, 0.717) is 12.3 Å². The second kappa shape index (κ2) is 10.7. The smallest absolute Gasteiger partial charge is 0.305 e. The van der Waals surface area contributed by atoms with Crippen molar-refractivity contribution in [3.63, 3.8) is 0 Å². The fourth-order valence-electron chi connectivity index (χ4n) is 1.53. The second-order valence-corrected chi connectivity index (χ2v) is 4.55. The van der Waals surface area contributed by atoms with Crippen molar-refractivity contribution in [1.29, 1.82) is 0 Å². The lowest BCUT2D eigenvalue weighted by Crippen LogP contribution is -1.99. The molecule has 0 aliphatic carbocycles. The molecule has 0 heterocycles. The summed E-state index contributed by atoms with van der Waals surface area (Å²) in [7, 11) is 1.45. The van der Waals surface area contributed by atoms with Gasteiger partial charge >= 0.3 is 5.97 Å². The number of ether oxygens (including phenoxy) is 1. The van der Waals surface area contributed by atoms with E-state index >= 15 is 0 Å². The molecule has 0 fully saturated rings. The largest absolute Gasteiger partial charge is 0.469 e. The van der Waals surface area contributed by atoms with Gasteiger partial charge in [0, 0.05) is 6.42 Å². The molecule has 0 rings (SSSR count). The molecule has 0 unspecified atom stereocenters. The lowest BCUT2D eigenvalue weighted by atomic mass is 10.1. The van der Waals surface area contributed by atoms with Gasteiger partial charge in [-0.3, -0.25) is 4.79 Å². The maximum Gasteiger partial charge on any atom is 0.305 e. The Labute approximate surface area is 100 Å². The highest BCUT2D eigenvalue weighted by Gasteiger charge is 1.98. The second-order valence-electron chi connectivity index (χ2n) is 4.55. The average molecular weight is 226 g/mol. The summed E-state index contributed by atoms with van der Waals surface area (Å²) in [5, 5.41) is 0. The summed E-state index contributed by atoms with van der Waals surface area (Å²) in [5.74, 6) is 0.583. The van der Waals surface area contributed by atoms with Gasteiger partial charge in [-0.1, -0.05) is 45.3 Å². The van der Waals surface area contributed by atoms with Gasteiger partial charge in [0.05, 0.1) is 7.11 Å². The standard InChI is InChI=1S/C14H26O2/c1-13(2)11-9-7-5-4-6-8-10-12-14(15)16-3/h9,11,13H,4-8,10,12H2,1-3H3/b11-9+. The Balaban J connectivity index is 3.13. The van der Waals surface area contributed by atoms with E-state index in [-0.39, 0.29) is 5.97 Å². The molecule has 0 saturated carbocycles. The molecule has 2 heteroatoms. The van der Waals surface area contributed by atoms with Gasteiger partial charge in [0.15, 0.2) is 0 Å². The number of hydrogen-bond donors (Lipinski definition) is 0. The quantitative estimate of drug-likeness (QED) is 0.336. The Morgan fingerprint density at radius 3 is 2.38 bits per heavy atom. The maximum absolute atomic E-state index is 10.8. The third-order valence-electron chi connectivity index (χ3n) is 2.50. The molecule has 0 saturated heterocycles. The lowest BCUT2D eigenvalue weighted by molar-refractivity contribution is -0.140. The zero-order chi connectivity index (χ0) is 12.2. The van der Waals surface area contributed by atoms with Gasteiger partial charge < -0.3 is 4.74 Å². The summed E-state index contributed by atoms with van der Waals surface area (Å²) < 4.78 is 4.58. The van der Waals surface area contributed by atoms with E-state index < -0.39 is 0 Å². The van der Waals surface area contributed by atoms with E-state index in [4.69, 9.17) is 0 Å².